The number of aliphatic imine (C=N–C) groups is 1. The summed E-state index contributed by atoms with van der Waals surface area (Å²) in [5.74, 6) is 0. The molecule has 0 aromatic carbocycles. The Bertz CT molecular complexity index is 479. The number of hydrogen-bond donors (Lipinski definition) is 1. The van der Waals surface area contributed by atoms with Gasteiger partial charge in [0.15, 0.2) is 4.63 Å². The van der Waals surface area contributed by atoms with Crippen LogP contribution in [0.15, 0.2) is 27.2 Å². The van der Waals surface area contributed by atoms with Crippen LogP contribution in [0.25, 0.3) is 0 Å². The summed E-state index contributed by atoms with van der Waals surface area (Å²) in [7, 11) is 0. The van der Waals surface area contributed by atoms with E-state index in [1.54, 1.807) is 0 Å². The molecule has 0 unspecified atom stereocenters. The molecule has 1 saturated carbocycles. The zero-order chi connectivity index (χ0) is 16.9. The Morgan fingerprint density at radius 1 is 1.36 bits per heavy atom. The monoisotopic (exact) mass is 385 g/mol. The number of alkyl halides is 1. The molecular weight excluding hydrogens is 364 g/mol. The van der Waals surface area contributed by atoms with Gasteiger partial charge in [0.1, 0.15) is 0 Å². The molecular formula is C16H23Cl4NO. The Kier molecular flexibility index (Phi) is 8.25. The van der Waals surface area contributed by atoms with Gasteiger partial charge < -0.3 is 5.11 Å². The van der Waals surface area contributed by atoms with Crippen molar-refractivity contribution in [1.29, 1.82) is 0 Å². The largest absolute Gasteiger partial charge is 0.391 e. The third kappa shape index (κ3) is 6.05. The zero-order valence-electron chi connectivity index (χ0n) is 13.2. The lowest BCUT2D eigenvalue weighted by Crippen LogP contribution is -2.42. The van der Waals surface area contributed by atoms with Crippen molar-refractivity contribution in [3.63, 3.8) is 0 Å². The first-order valence-corrected chi connectivity index (χ1v) is 8.90. The predicted octanol–water partition coefficient (Wildman–Crippen LogP) is 5.83. The van der Waals surface area contributed by atoms with E-state index in [0.717, 1.165) is 24.8 Å². The number of nitrogens with zero attached hydrogens (tertiary/aromatic N) is 1. The van der Waals surface area contributed by atoms with Crippen LogP contribution in [0.4, 0.5) is 0 Å². The fourth-order valence-electron chi connectivity index (χ4n) is 2.84. The van der Waals surface area contributed by atoms with Gasteiger partial charge in [-0.1, -0.05) is 35.7 Å². The molecule has 0 saturated heterocycles. The molecule has 6 heteroatoms. The quantitative estimate of drug-likeness (QED) is 0.360. The maximum absolute atomic E-state index is 10.3. The first kappa shape index (κ1) is 20.3. The molecule has 0 heterocycles. The molecule has 126 valence electrons. The van der Waals surface area contributed by atoms with Crippen LogP contribution in [0.1, 0.15) is 46.5 Å². The lowest BCUT2D eigenvalue weighted by Gasteiger charge is -2.42. The number of halogens is 4. The average Bonchev–Trinajstić information content (AvgIpc) is 2.41. The van der Waals surface area contributed by atoms with Crippen molar-refractivity contribution in [2.24, 2.45) is 10.4 Å². The number of rotatable bonds is 5. The molecule has 22 heavy (non-hydrogen) atoms. The number of allylic oxidation sites excluding steroid dienone is 2. The van der Waals surface area contributed by atoms with Crippen molar-refractivity contribution in [3.05, 3.63) is 22.3 Å². The molecule has 3 atom stereocenters. The molecule has 1 N–H and O–H groups in total. The van der Waals surface area contributed by atoms with Crippen LogP contribution in [0.5, 0.6) is 0 Å². The third-order valence-electron chi connectivity index (χ3n) is 4.07. The molecule has 1 rings (SSSR count). The van der Waals surface area contributed by atoms with Gasteiger partial charge in [0.25, 0.3) is 0 Å². The van der Waals surface area contributed by atoms with Crippen LogP contribution in [0.3, 0.4) is 0 Å². The van der Waals surface area contributed by atoms with E-state index in [4.69, 9.17) is 46.4 Å². The molecule has 1 fully saturated rings. The first-order chi connectivity index (χ1) is 10.2. The normalized spacial score (nSPS) is 30.7. The molecule has 0 radical (unpaired) electrons. The molecule has 0 aromatic heterocycles. The van der Waals surface area contributed by atoms with E-state index < -0.39 is 6.10 Å². The summed E-state index contributed by atoms with van der Waals surface area (Å²) in [5.41, 5.74) is 2.07. The van der Waals surface area contributed by atoms with E-state index in [1.807, 2.05) is 0 Å². The van der Waals surface area contributed by atoms with Gasteiger partial charge in [0, 0.05) is 5.03 Å². The van der Waals surface area contributed by atoms with Gasteiger partial charge in [-0.25, -0.2) is 0 Å². The van der Waals surface area contributed by atoms with Gasteiger partial charge in [0.2, 0.25) is 0 Å². The van der Waals surface area contributed by atoms with Gasteiger partial charge >= 0.3 is 0 Å². The van der Waals surface area contributed by atoms with Gasteiger partial charge in [-0.15, -0.1) is 11.6 Å². The van der Waals surface area contributed by atoms with Crippen LogP contribution in [-0.4, -0.2) is 27.8 Å². The lowest BCUT2D eigenvalue weighted by atomic mass is 9.69. The maximum atomic E-state index is 10.3. The van der Waals surface area contributed by atoms with Gasteiger partial charge in [-0.3, -0.25) is 4.99 Å². The summed E-state index contributed by atoms with van der Waals surface area (Å²) in [6.07, 6.45) is 4.65. The summed E-state index contributed by atoms with van der Waals surface area (Å²) >= 11 is 23.8. The van der Waals surface area contributed by atoms with Gasteiger partial charge in [-0.05, 0) is 68.1 Å². The van der Waals surface area contributed by atoms with Crippen molar-refractivity contribution < 1.29 is 5.11 Å². The van der Waals surface area contributed by atoms with E-state index in [9.17, 15) is 5.11 Å². The fraction of sp³-hybridized carbons (Fsp3) is 0.688. The topological polar surface area (TPSA) is 32.6 Å². The van der Waals surface area contributed by atoms with Crippen LogP contribution in [-0.2, 0) is 0 Å². The Balaban J connectivity index is 2.91. The molecule has 2 nitrogen and oxygen atoms in total. The molecule has 0 aromatic rings. The maximum Gasteiger partial charge on any atom is 0.192 e. The summed E-state index contributed by atoms with van der Waals surface area (Å²) in [6.45, 7) is 6.50. The summed E-state index contributed by atoms with van der Waals surface area (Å²) in [6, 6.07) is 0. The number of hydrogen-bond acceptors (Lipinski definition) is 2. The van der Waals surface area contributed by atoms with Crippen LogP contribution >= 0.6 is 46.4 Å². The molecule has 0 amide bonds. The second-order valence-corrected chi connectivity index (χ2v) is 8.23. The highest BCUT2D eigenvalue weighted by Crippen LogP contribution is 2.46. The smallest absolute Gasteiger partial charge is 0.192 e. The van der Waals surface area contributed by atoms with Crippen molar-refractivity contribution >= 4 is 51.0 Å². The Labute approximate surface area is 153 Å². The second kappa shape index (κ2) is 8.94. The minimum atomic E-state index is -0.605. The highest BCUT2D eigenvalue weighted by atomic mass is 35.5. The third-order valence-corrected chi connectivity index (χ3v) is 5.51. The van der Waals surface area contributed by atoms with Crippen LogP contribution in [0.2, 0.25) is 0 Å². The van der Waals surface area contributed by atoms with Crippen molar-refractivity contribution in [3.8, 4) is 0 Å². The minimum absolute atomic E-state index is 0.0448. The van der Waals surface area contributed by atoms with Crippen molar-refractivity contribution in [2.75, 3.05) is 6.54 Å². The summed E-state index contributed by atoms with van der Waals surface area (Å²) in [5, 5.41) is 10.6. The molecule has 1 aliphatic rings. The highest BCUT2D eigenvalue weighted by Gasteiger charge is 2.42. The Morgan fingerprint density at radius 3 is 2.55 bits per heavy atom. The van der Waals surface area contributed by atoms with E-state index in [2.05, 4.69) is 31.8 Å². The summed E-state index contributed by atoms with van der Waals surface area (Å²) in [4.78, 5) is 3.91. The molecule has 0 aliphatic heterocycles. The fourth-order valence-corrected chi connectivity index (χ4v) is 3.44. The standard InChI is InChI=1S/C16H23Cl4NO/c1-10(2)5-4-6-16(3)8-11(7-13(22)14(16)18)12(17)9-21-15(19)20/h5,13-14,22H,4,6-9H2,1-3H3/t13-,14+,16+/m0/s1. The van der Waals surface area contributed by atoms with Crippen molar-refractivity contribution in [2.45, 2.75) is 57.9 Å². The van der Waals surface area contributed by atoms with E-state index in [-0.39, 0.29) is 22.0 Å². The lowest BCUT2D eigenvalue weighted by molar-refractivity contribution is 0.0824. The van der Waals surface area contributed by atoms with Crippen LogP contribution < -0.4 is 0 Å². The van der Waals surface area contributed by atoms with E-state index in [0.29, 0.717) is 11.5 Å². The van der Waals surface area contributed by atoms with Gasteiger partial charge in [-0.2, -0.15) is 0 Å². The summed E-state index contributed by atoms with van der Waals surface area (Å²) < 4.78 is -0.0448. The second-order valence-electron chi connectivity index (χ2n) is 6.39. The van der Waals surface area contributed by atoms with Crippen LogP contribution in [0, 0.1) is 5.41 Å². The van der Waals surface area contributed by atoms with Crippen molar-refractivity contribution in [1.82, 2.24) is 0 Å². The molecule has 1 aliphatic carbocycles. The number of aliphatic hydroxyl groups excluding tert-OH is 1. The zero-order valence-corrected chi connectivity index (χ0v) is 16.2. The first-order valence-electron chi connectivity index (χ1n) is 7.33. The number of aliphatic hydroxyl groups is 1. The Hall–Kier alpha value is 0.270. The SMILES string of the molecule is CC(C)=CCC[C@]1(C)CC(=C(Cl)CN=C(Cl)Cl)C[C@H](O)[C@H]1Cl. The highest BCUT2D eigenvalue weighted by molar-refractivity contribution is 6.95. The average molecular weight is 387 g/mol. The van der Waals surface area contributed by atoms with E-state index >= 15 is 0 Å². The molecule has 0 spiro atoms. The predicted molar refractivity (Wildman–Crippen MR) is 98.5 cm³/mol. The Morgan fingerprint density at radius 2 is 2.00 bits per heavy atom. The minimum Gasteiger partial charge on any atom is -0.391 e. The van der Waals surface area contributed by atoms with Gasteiger partial charge in [0.05, 0.1) is 18.0 Å². The van der Waals surface area contributed by atoms with E-state index in [1.165, 1.54) is 5.57 Å². The molecule has 0 bridgehead atoms.